The molecule has 0 aromatic heterocycles. The van der Waals surface area contributed by atoms with E-state index in [-0.39, 0.29) is 24.8 Å². The minimum absolute atomic E-state index is 0.00107. The Morgan fingerprint density at radius 1 is 1.58 bits per heavy atom. The topological polar surface area (TPSA) is 66.8 Å². The number of hydrogen-bond acceptors (Lipinski definition) is 3. The summed E-state index contributed by atoms with van der Waals surface area (Å²) in [6, 6.07) is 0. The van der Waals surface area contributed by atoms with Crippen molar-refractivity contribution in [1.82, 2.24) is 0 Å². The molecule has 0 unspecified atom stereocenters. The highest BCUT2D eigenvalue weighted by atomic mass is 28.4. The van der Waals surface area contributed by atoms with E-state index in [0.717, 1.165) is 5.57 Å². The predicted octanol–water partition coefficient (Wildman–Crippen LogP) is 2.93. The third kappa shape index (κ3) is 3.46. The molecule has 0 saturated heterocycles. The van der Waals surface area contributed by atoms with E-state index in [0.29, 0.717) is 0 Å². The molecule has 1 aliphatic rings. The first kappa shape index (κ1) is 14.7. The molecule has 1 aliphatic carbocycles. The Morgan fingerprint density at radius 3 is 2.58 bits per heavy atom. The second-order valence-electron chi connectivity index (χ2n) is 6.89. The van der Waals surface area contributed by atoms with Gasteiger partial charge in [0.2, 0.25) is 0 Å². The molecule has 1 rings (SSSR count). The summed E-state index contributed by atoms with van der Waals surface area (Å²) in [6.07, 6.45) is 1.26. The third-order valence-corrected chi connectivity index (χ3v) is 8.77. The zero-order valence-corrected chi connectivity index (χ0v) is 13.5. The van der Waals surface area contributed by atoms with Crippen LogP contribution in [0.2, 0.25) is 18.1 Å². The van der Waals surface area contributed by atoms with Crippen LogP contribution in [0.15, 0.2) is 11.6 Å². The van der Waals surface area contributed by atoms with E-state index in [2.05, 4.69) is 33.9 Å². The van der Waals surface area contributed by atoms with Crippen molar-refractivity contribution in [3.8, 4) is 0 Å². The number of carboxylic acid groups (broad SMARTS) is 1. The van der Waals surface area contributed by atoms with Crippen molar-refractivity contribution in [1.29, 1.82) is 0 Å². The molecule has 0 saturated carbocycles. The van der Waals surface area contributed by atoms with Crippen molar-refractivity contribution in [3.63, 3.8) is 0 Å². The Balaban J connectivity index is 3.00. The molecule has 0 aliphatic heterocycles. The molecular weight excluding hydrogens is 260 g/mol. The van der Waals surface area contributed by atoms with E-state index < -0.39 is 26.0 Å². The highest BCUT2D eigenvalue weighted by Crippen LogP contribution is 2.40. The fraction of sp³-hybridized carbons (Fsp3) is 0.786. The molecule has 0 amide bonds. The molecule has 2 N–H and O–H groups in total. The number of hydrogen-bond donors (Lipinski definition) is 2. The van der Waals surface area contributed by atoms with Crippen LogP contribution in [-0.2, 0) is 9.22 Å². The second kappa shape index (κ2) is 5.03. The van der Waals surface area contributed by atoms with Gasteiger partial charge in [0.25, 0.3) is 0 Å². The number of carboxylic acids is 1. The highest BCUT2D eigenvalue weighted by Gasteiger charge is 2.45. The lowest BCUT2D eigenvalue weighted by Gasteiger charge is -2.42. The fourth-order valence-electron chi connectivity index (χ4n) is 1.78. The third-order valence-electron chi connectivity index (χ3n) is 4.28. The second-order valence-corrected chi connectivity index (χ2v) is 11.6. The molecule has 0 bridgehead atoms. The summed E-state index contributed by atoms with van der Waals surface area (Å²) < 4.78 is 13.8. The smallest absolute Gasteiger partial charge is 0.336 e. The summed E-state index contributed by atoms with van der Waals surface area (Å²) in [5, 5.41) is 19.3. The van der Waals surface area contributed by atoms with Crippen LogP contribution in [0.3, 0.4) is 0 Å². The van der Waals surface area contributed by atoms with Crippen LogP contribution in [0, 0.1) is 0 Å². The molecule has 0 spiro atoms. The summed E-state index contributed by atoms with van der Waals surface area (Å²) in [5.74, 6) is -1.22. The van der Waals surface area contributed by atoms with Gasteiger partial charge in [-0.3, -0.25) is 0 Å². The summed E-state index contributed by atoms with van der Waals surface area (Å²) in [7, 11) is -2.08. The molecule has 0 fully saturated rings. The van der Waals surface area contributed by atoms with Gasteiger partial charge < -0.3 is 14.6 Å². The van der Waals surface area contributed by atoms with E-state index in [9.17, 15) is 9.90 Å². The van der Waals surface area contributed by atoms with Crippen molar-refractivity contribution in [2.24, 2.45) is 0 Å². The number of aliphatic carboxylic acids is 1. The largest absolute Gasteiger partial charge is 0.479 e. The molecule has 0 heterocycles. The van der Waals surface area contributed by atoms with Crippen molar-refractivity contribution in [2.45, 2.75) is 70.3 Å². The number of rotatable bonds is 3. The Bertz CT molecular complexity index is 414. The van der Waals surface area contributed by atoms with Crippen LogP contribution in [0.25, 0.3) is 0 Å². The van der Waals surface area contributed by atoms with E-state index >= 15 is 0 Å². The lowest BCUT2D eigenvalue weighted by molar-refractivity contribution is -0.161. The van der Waals surface area contributed by atoms with Crippen LogP contribution >= 0.6 is 0 Å². The first-order valence-corrected chi connectivity index (χ1v) is 9.45. The first-order valence-electron chi connectivity index (χ1n) is 7.25. The van der Waals surface area contributed by atoms with Gasteiger partial charge in [0, 0.05) is 14.2 Å². The maximum absolute atomic E-state index is 11.2. The van der Waals surface area contributed by atoms with Gasteiger partial charge in [-0.2, -0.15) is 0 Å². The lowest BCUT2D eigenvalue weighted by Crippen LogP contribution is -2.50. The SMILES string of the molecule is [2H]CC1=CC[C@](O)(C(=O)O)C[C@H]1O[Si](C)(C)C(C)(C)C. The maximum atomic E-state index is 11.2. The zero-order valence-electron chi connectivity index (χ0n) is 13.5. The minimum Gasteiger partial charge on any atom is -0.479 e. The van der Waals surface area contributed by atoms with Crippen molar-refractivity contribution < 1.29 is 20.8 Å². The molecule has 2 atom stereocenters. The summed E-state index contributed by atoms with van der Waals surface area (Å²) in [4.78, 5) is 11.2. The summed E-state index contributed by atoms with van der Waals surface area (Å²) in [6.45, 7) is 10.6. The van der Waals surface area contributed by atoms with Crippen LogP contribution in [-0.4, -0.2) is 36.2 Å². The predicted molar refractivity (Wildman–Crippen MR) is 77.6 cm³/mol. The maximum Gasteiger partial charge on any atom is 0.336 e. The lowest BCUT2D eigenvalue weighted by atomic mass is 9.84. The van der Waals surface area contributed by atoms with Gasteiger partial charge in [-0.15, -0.1) is 0 Å². The number of aliphatic hydroxyl groups is 1. The quantitative estimate of drug-likeness (QED) is 0.618. The van der Waals surface area contributed by atoms with Crippen LogP contribution in [0.1, 0.15) is 41.9 Å². The molecule has 0 aromatic carbocycles. The Kier molecular flexibility index (Phi) is 3.91. The minimum atomic E-state index is -2.08. The van der Waals surface area contributed by atoms with E-state index in [1.165, 1.54) is 0 Å². The standard InChI is InChI=1S/C14H26O4Si/c1-10-7-8-14(17,12(15)16)9-11(10)18-19(5,6)13(2,3)4/h7,11,17H,8-9H2,1-6H3,(H,15,16)/t11-,14-/m1/s1/i1D. The Labute approximate surface area is 118 Å². The number of carbonyl (C=O) groups is 1. The Morgan fingerprint density at radius 2 is 2.16 bits per heavy atom. The zero-order chi connectivity index (χ0) is 15.8. The molecule has 5 heteroatoms. The van der Waals surface area contributed by atoms with E-state index in [1.54, 1.807) is 6.08 Å². The van der Waals surface area contributed by atoms with E-state index in [1.807, 2.05) is 0 Å². The van der Waals surface area contributed by atoms with Gasteiger partial charge in [0.15, 0.2) is 13.9 Å². The van der Waals surface area contributed by atoms with Crippen molar-refractivity contribution in [2.75, 3.05) is 0 Å². The van der Waals surface area contributed by atoms with Gasteiger partial charge in [-0.25, -0.2) is 4.79 Å². The van der Waals surface area contributed by atoms with Crippen LogP contribution < -0.4 is 0 Å². The van der Waals surface area contributed by atoms with Crippen LogP contribution in [0.5, 0.6) is 0 Å². The van der Waals surface area contributed by atoms with Gasteiger partial charge in [-0.1, -0.05) is 26.8 Å². The molecular formula is C14H26O4Si. The first-order chi connectivity index (χ1) is 8.93. The van der Waals surface area contributed by atoms with E-state index in [4.69, 9.17) is 10.9 Å². The average molecular weight is 287 g/mol. The van der Waals surface area contributed by atoms with Crippen molar-refractivity contribution >= 4 is 14.3 Å². The van der Waals surface area contributed by atoms with Crippen LogP contribution in [0.4, 0.5) is 0 Å². The molecule has 0 aromatic rings. The van der Waals surface area contributed by atoms with Gasteiger partial charge in [0.1, 0.15) is 0 Å². The highest BCUT2D eigenvalue weighted by molar-refractivity contribution is 6.74. The normalized spacial score (nSPS) is 29.7. The fourth-order valence-corrected chi connectivity index (χ4v) is 3.08. The molecule has 19 heavy (non-hydrogen) atoms. The van der Waals surface area contributed by atoms with Gasteiger partial charge in [0.05, 0.1) is 6.10 Å². The average Bonchev–Trinajstić information content (AvgIpc) is 2.27. The monoisotopic (exact) mass is 287 g/mol. The van der Waals surface area contributed by atoms with Gasteiger partial charge >= 0.3 is 5.97 Å². The molecule has 110 valence electrons. The van der Waals surface area contributed by atoms with Gasteiger partial charge in [-0.05, 0) is 30.6 Å². The molecule has 0 radical (unpaired) electrons. The summed E-state index contributed by atoms with van der Waals surface area (Å²) in [5.41, 5.74) is -0.994. The summed E-state index contributed by atoms with van der Waals surface area (Å²) >= 11 is 0. The Hall–Kier alpha value is -0.653. The molecule has 4 nitrogen and oxygen atoms in total. The van der Waals surface area contributed by atoms with Crippen molar-refractivity contribution in [3.05, 3.63) is 11.6 Å².